The second-order valence-electron chi connectivity index (χ2n) is 6.06. The fraction of sp³-hybridized carbons (Fsp3) is 0.471. The molecule has 2 heterocycles. The van der Waals surface area contributed by atoms with E-state index < -0.39 is 0 Å². The van der Waals surface area contributed by atoms with Gasteiger partial charge in [0, 0.05) is 26.2 Å². The number of amides is 1. The molecule has 1 aliphatic rings. The summed E-state index contributed by atoms with van der Waals surface area (Å²) in [4.78, 5) is 15.8. The number of hydrogen-bond donors (Lipinski definition) is 1. The van der Waals surface area contributed by atoms with Gasteiger partial charge in [-0.05, 0) is 37.6 Å². The van der Waals surface area contributed by atoms with Crippen molar-refractivity contribution < 1.29 is 14.3 Å². The molecule has 2 aromatic rings. The van der Waals surface area contributed by atoms with Crippen LogP contribution < -0.4 is 10.5 Å². The molecule has 1 fully saturated rings. The Morgan fingerprint density at radius 1 is 1.28 bits per heavy atom. The summed E-state index contributed by atoms with van der Waals surface area (Å²) in [6, 6.07) is 7.42. The highest BCUT2D eigenvalue weighted by Crippen LogP contribution is 2.17. The first-order valence-electron chi connectivity index (χ1n) is 8.29. The van der Waals surface area contributed by atoms with Crippen molar-refractivity contribution in [2.45, 2.75) is 19.4 Å². The normalized spacial score (nSPS) is 17.1. The zero-order valence-electron chi connectivity index (χ0n) is 14.5. The lowest BCUT2D eigenvalue weighted by atomic mass is 10.3. The Hall–Kier alpha value is -2.45. The molecule has 134 valence electrons. The fourth-order valence-electron chi connectivity index (χ4n) is 2.73. The molecule has 3 rings (SSSR count). The predicted molar refractivity (Wildman–Crippen MR) is 92.0 cm³/mol. The Labute approximate surface area is 146 Å². The first-order chi connectivity index (χ1) is 12.1. The molecule has 0 saturated carbocycles. The van der Waals surface area contributed by atoms with Gasteiger partial charge in [-0.1, -0.05) is 0 Å². The van der Waals surface area contributed by atoms with Crippen LogP contribution in [0.25, 0.3) is 5.69 Å². The van der Waals surface area contributed by atoms with Gasteiger partial charge in [-0.3, -0.25) is 4.79 Å². The number of likely N-dealkylation sites (tertiary alicyclic amines) is 1. The van der Waals surface area contributed by atoms with Crippen LogP contribution in [-0.2, 0) is 4.74 Å². The van der Waals surface area contributed by atoms with Gasteiger partial charge >= 0.3 is 0 Å². The summed E-state index contributed by atoms with van der Waals surface area (Å²) in [6.45, 7) is 4.05. The minimum atomic E-state index is -0.115. The molecule has 8 nitrogen and oxygen atoms in total. The van der Waals surface area contributed by atoms with Gasteiger partial charge in [0.2, 0.25) is 0 Å². The molecular weight excluding hydrogens is 322 g/mol. The number of methoxy groups -OCH3 is 1. The number of rotatable bonds is 6. The largest absolute Gasteiger partial charge is 0.491 e. The Balaban J connectivity index is 1.72. The molecule has 0 bridgehead atoms. The van der Waals surface area contributed by atoms with Gasteiger partial charge in [0.1, 0.15) is 12.4 Å². The molecule has 0 radical (unpaired) electrons. The zero-order valence-corrected chi connectivity index (χ0v) is 14.5. The Morgan fingerprint density at radius 2 is 2.04 bits per heavy atom. The van der Waals surface area contributed by atoms with E-state index in [1.54, 1.807) is 18.9 Å². The zero-order chi connectivity index (χ0) is 17.8. The van der Waals surface area contributed by atoms with Crippen LogP contribution in [0.5, 0.6) is 5.75 Å². The number of hydrogen-bond acceptors (Lipinski definition) is 6. The lowest BCUT2D eigenvalue weighted by Gasteiger charge is -2.13. The smallest absolute Gasteiger partial charge is 0.276 e. The second-order valence-corrected chi connectivity index (χ2v) is 6.06. The van der Waals surface area contributed by atoms with Gasteiger partial charge in [-0.25, -0.2) is 0 Å². The average Bonchev–Trinajstić information content (AvgIpc) is 3.21. The molecule has 8 heteroatoms. The molecule has 1 atom stereocenters. The molecule has 1 saturated heterocycles. The minimum absolute atomic E-state index is 0.0463. The van der Waals surface area contributed by atoms with Gasteiger partial charge in [-0.15, -0.1) is 5.10 Å². The number of carbonyl (C=O) groups is 1. The molecule has 25 heavy (non-hydrogen) atoms. The average molecular weight is 345 g/mol. The van der Waals surface area contributed by atoms with Gasteiger partial charge in [0.25, 0.3) is 5.91 Å². The van der Waals surface area contributed by atoms with Crippen LogP contribution in [0.4, 0.5) is 0 Å². The van der Waals surface area contributed by atoms with E-state index in [-0.39, 0.29) is 11.9 Å². The van der Waals surface area contributed by atoms with Gasteiger partial charge in [0.05, 0.1) is 18.0 Å². The molecule has 1 amide bonds. The van der Waals surface area contributed by atoms with Crippen molar-refractivity contribution in [2.24, 2.45) is 5.73 Å². The number of carbonyl (C=O) groups excluding carboxylic acids is 1. The quantitative estimate of drug-likeness (QED) is 0.777. The third-order valence-electron chi connectivity index (χ3n) is 4.12. The topological polar surface area (TPSA) is 95.5 Å². The maximum absolute atomic E-state index is 12.6. The van der Waals surface area contributed by atoms with E-state index in [0.717, 1.165) is 17.9 Å². The molecule has 1 aromatic carbocycles. The summed E-state index contributed by atoms with van der Waals surface area (Å²) in [6.07, 6.45) is 0.823. The van der Waals surface area contributed by atoms with Crippen molar-refractivity contribution in [2.75, 3.05) is 33.4 Å². The first kappa shape index (κ1) is 17.4. The van der Waals surface area contributed by atoms with E-state index in [1.165, 1.54) is 4.80 Å². The van der Waals surface area contributed by atoms with Crippen molar-refractivity contribution in [3.8, 4) is 11.4 Å². The van der Waals surface area contributed by atoms with Crippen LogP contribution in [0.3, 0.4) is 0 Å². The number of aromatic nitrogens is 3. The Kier molecular flexibility index (Phi) is 5.30. The van der Waals surface area contributed by atoms with E-state index in [9.17, 15) is 4.79 Å². The van der Waals surface area contributed by atoms with Crippen LogP contribution in [-0.4, -0.2) is 65.3 Å². The molecule has 2 N–H and O–H groups in total. The third kappa shape index (κ3) is 3.97. The molecular formula is C17H23N5O3. The fourth-order valence-corrected chi connectivity index (χ4v) is 2.73. The summed E-state index contributed by atoms with van der Waals surface area (Å²) < 4.78 is 10.5. The SMILES string of the molecule is COCCOc1ccc(-n2nc(C)c(C(=O)N3CC[C@@H](N)C3)n2)cc1. The van der Waals surface area contributed by atoms with Crippen molar-refractivity contribution in [3.63, 3.8) is 0 Å². The van der Waals surface area contributed by atoms with Crippen LogP contribution in [0, 0.1) is 6.92 Å². The number of nitrogens with two attached hydrogens (primary N) is 1. The number of ether oxygens (including phenoxy) is 2. The Morgan fingerprint density at radius 3 is 2.68 bits per heavy atom. The van der Waals surface area contributed by atoms with Crippen LogP contribution in [0.15, 0.2) is 24.3 Å². The third-order valence-corrected chi connectivity index (χ3v) is 4.12. The predicted octanol–water partition coefficient (Wildman–Crippen LogP) is 0.774. The number of nitrogens with zero attached hydrogens (tertiary/aromatic N) is 4. The van der Waals surface area contributed by atoms with E-state index in [2.05, 4.69) is 10.2 Å². The second kappa shape index (κ2) is 7.62. The molecule has 0 unspecified atom stereocenters. The Bertz CT molecular complexity index is 728. The van der Waals surface area contributed by atoms with Crippen molar-refractivity contribution in [1.82, 2.24) is 19.9 Å². The van der Waals surface area contributed by atoms with E-state index in [1.807, 2.05) is 24.3 Å². The van der Waals surface area contributed by atoms with Gasteiger partial charge in [0.15, 0.2) is 5.69 Å². The van der Waals surface area contributed by atoms with E-state index in [4.69, 9.17) is 15.2 Å². The lowest BCUT2D eigenvalue weighted by Crippen LogP contribution is -2.32. The van der Waals surface area contributed by atoms with Crippen molar-refractivity contribution >= 4 is 5.91 Å². The monoisotopic (exact) mass is 345 g/mol. The van der Waals surface area contributed by atoms with Crippen LogP contribution >= 0.6 is 0 Å². The van der Waals surface area contributed by atoms with Crippen molar-refractivity contribution in [3.05, 3.63) is 35.7 Å². The van der Waals surface area contributed by atoms with Crippen molar-refractivity contribution in [1.29, 1.82) is 0 Å². The van der Waals surface area contributed by atoms with Crippen LogP contribution in [0.2, 0.25) is 0 Å². The lowest BCUT2D eigenvalue weighted by molar-refractivity contribution is 0.0784. The highest BCUT2D eigenvalue weighted by molar-refractivity contribution is 5.93. The molecule has 0 aliphatic carbocycles. The first-order valence-corrected chi connectivity index (χ1v) is 8.29. The maximum Gasteiger partial charge on any atom is 0.276 e. The van der Waals surface area contributed by atoms with E-state index >= 15 is 0 Å². The summed E-state index contributed by atoms with van der Waals surface area (Å²) in [5.74, 6) is 0.628. The summed E-state index contributed by atoms with van der Waals surface area (Å²) >= 11 is 0. The van der Waals surface area contributed by atoms with Gasteiger partial charge < -0.3 is 20.1 Å². The minimum Gasteiger partial charge on any atom is -0.491 e. The highest BCUT2D eigenvalue weighted by Gasteiger charge is 2.28. The maximum atomic E-state index is 12.6. The summed E-state index contributed by atoms with van der Waals surface area (Å²) in [5, 5.41) is 8.73. The van der Waals surface area contributed by atoms with Gasteiger partial charge in [-0.2, -0.15) is 9.90 Å². The number of aryl methyl sites for hydroxylation is 1. The molecule has 1 aromatic heterocycles. The number of benzene rings is 1. The summed E-state index contributed by atoms with van der Waals surface area (Å²) in [7, 11) is 1.63. The highest BCUT2D eigenvalue weighted by atomic mass is 16.5. The molecule has 1 aliphatic heterocycles. The van der Waals surface area contributed by atoms with Crippen LogP contribution in [0.1, 0.15) is 22.6 Å². The standard InChI is InChI=1S/C17H23N5O3/c1-12-16(17(23)21-8-7-13(18)11-21)20-22(19-12)14-3-5-15(6-4-14)25-10-9-24-2/h3-6,13H,7-11,18H2,1-2H3/t13-/m1/s1. The summed E-state index contributed by atoms with van der Waals surface area (Å²) in [5.41, 5.74) is 7.61. The molecule has 0 spiro atoms. The van der Waals surface area contributed by atoms with E-state index in [0.29, 0.717) is 37.7 Å².